The molecule has 0 saturated heterocycles. The second-order valence-electron chi connectivity index (χ2n) is 6.62. The van der Waals surface area contributed by atoms with Crippen LogP contribution in [0.25, 0.3) is 11.4 Å². The lowest BCUT2D eigenvalue weighted by Crippen LogP contribution is -2.30. The number of imidazole rings is 1. The molecule has 1 aromatic carbocycles. The van der Waals surface area contributed by atoms with Crippen LogP contribution in [0.15, 0.2) is 24.3 Å². The van der Waals surface area contributed by atoms with Crippen LogP contribution >= 0.6 is 0 Å². The Morgan fingerprint density at radius 1 is 1.31 bits per heavy atom. The molecule has 7 nitrogen and oxygen atoms in total. The maximum Gasteiger partial charge on any atom is 0.271 e. The first-order valence-electron chi connectivity index (χ1n) is 8.50. The van der Waals surface area contributed by atoms with Gasteiger partial charge >= 0.3 is 0 Å². The number of hydrogen-bond acceptors (Lipinski definition) is 4. The van der Waals surface area contributed by atoms with Gasteiger partial charge in [0.25, 0.3) is 5.91 Å². The molecule has 0 spiro atoms. The van der Waals surface area contributed by atoms with E-state index in [4.69, 9.17) is 0 Å². The Morgan fingerprint density at radius 2 is 2.08 bits per heavy atom. The summed E-state index contributed by atoms with van der Waals surface area (Å²) >= 11 is 0. The van der Waals surface area contributed by atoms with Crippen LogP contribution in [0.2, 0.25) is 0 Å². The van der Waals surface area contributed by atoms with Gasteiger partial charge in [0.15, 0.2) is 0 Å². The lowest BCUT2D eigenvalue weighted by Gasteiger charge is -2.10. The lowest BCUT2D eigenvalue weighted by molar-refractivity contribution is 0.0942. The van der Waals surface area contributed by atoms with Crippen molar-refractivity contribution in [2.24, 2.45) is 5.92 Å². The SMILES string of the molecule is Cc1[nH]c(-c2ccc(F)cc2)nc1C(=O)NCC1Cc2nnc(C)n2C1. The van der Waals surface area contributed by atoms with Gasteiger partial charge in [-0.05, 0) is 38.1 Å². The molecule has 0 radical (unpaired) electrons. The van der Waals surface area contributed by atoms with Crippen LogP contribution in [-0.2, 0) is 13.0 Å². The van der Waals surface area contributed by atoms with E-state index in [0.29, 0.717) is 29.7 Å². The number of rotatable bonds is 4. The number of nitrogens with zero attached hydrogens (tertiary/aromatic N) is 4. The number of amides is 1. The Kier molecular flexibility index (Phi) is 4.02. The van der Waals surface area contributed by atoms with Crippen LogP contribution in [-0.4, -0.2) is 37.2 Å². The predicted molar refractivity (Wildman–Crippen MR) is 93.0 cm³/mol. The van der Waals surface area contributed by atoms with Crippen LogP contribution in [0, 0.1) is 25.6 Å². The van der Waals surface area contributed by atoms with E-state index in [1.54, 1.807) is 19.1 Å². The highest BCUT2D eigenvalue weighted by Gasteiger charge is 2.25. The minimum absolute atomic E-state index is 0.216. The standard InChI is InChI=1S/C18H19FN6O/c1-10-16(22-17(21-10)13-3-5-14(19)6-4-13)18(26)20-8-12-7-15-24-23-11(2)25(15)9-12/h3-6,12H,7-9H2,1-2H3,(H,20,26)(H,21,22). The minimum atomic E-state index is -0.308. The second kappa shape index (κ2) is 6.36. The monoisotopic (exact) mass is 354 g/mol. The molecule has 1 atom stereocenters. The van der Waals surface area contributed by atoms with Gasteiger partial charge in [-0.2, -0.15) is 0 Å². The Labute approximate surface area is 149 Å². The fraction of sp³-hybridized carbons (Fsp3) is 0.333. The fourth-order valence-corrected chi connectivity index (χ4v) is 3.28. The van der Waals surface area contributed by atoms with Crippen molar-refractivity contribution < 1.29 is 9.18 Å². The normalized spacial score (nSPS) is 15.9. The molecule has 3 heterocycles. The topological polar surface area (TPSA) is 88.5 Å². The van der Waals surface area contributed by atoms with Gasteiger partial charge in [-0.3, -0.25) is 4.79 Å². The van der Waals surface area contributed by atoms with Crippen LogP contribution in [0.1, 0.15) is 27.8 Å². The minimum Gasteiger partial charge on any atom is -0.350 e. The number of fused-ring (bicyclic) bond motifs is 1. The molecule has 0 saturated carbocycles. The van der Waals surface area contributed by atoms with E-state index >= 15 is 0 Å². The van der Waals surface area contributed by atoms with E-state index in [2.05, 4.69) is 30.0 Å². The zero-order chi connectivity index (χ0) is 18.3. The maximum atomic E-state index is 13.1. The summed E-state index contributed by atoms with van der Waals surface area (Å²) in [6, 6.07) is 6.00. The average molecular weight is 354 g/mol. The molecule has 1 unspecified atom stereocenters. The van der Waals surface area contributed by atoms with E-state index in [9.17, 15) is 9.18 Å². The molecule has 3 aromatic rings. The number of H-pyrrole nitrogens is 1. The Morgan fingerprint density at radius 3 is 2.81 bits per heavy atom. The molecule has 0 fully saturated rings. The predicted octanol–water partition coefficient (Wildman–Crippen LogP) is 2.03. The summed E-state index contributed by atoms with van der Waals surface area (Å²) in [6.07, 6.45) is 0.807. The highest BCUT2D eigenvalue weighted by Crippen LogP contribution is 2.20. The molecule has 2 aromatic heterocycles. The highest BCUT2D eigenvalue weighted by molar-refractivity contribution is 5.94. The van der Waals surface area contributed by atoms with Crippen molar-refractivity contribution in [1.82, 2.24) is 30.0 Å². The first-order valence-corrected chi connectivity index (χ1v) is 8.50. The van der Waals surface area contributed by atoms with E-state index in [1.165, 1.54) is 12.1 Å². The zero-order valence-corrected chi connectivity index (χ0v) is 14.6. The van der Waals surface area contributed by atoms with Crippen LogP contribution < -0.4 is 5.32 Å². The highest BCUT2D eigenvalue weighted by atomic mass is 19.1. The van der Waals surface area contributed by atoms with Crippen LogP contribution in [0.4, 0.5) is 4.39 Å². The van der Waals surface area contributed by atoms with Crippen molar-refractivity contribution in [2.75, 3.05) is 6.54 Å². The van der Waals surface area contributed by atoms with Gasteiger partial charge in [0.1, 0.15) is 29.0 Å². The molecule has 4 rings (SSSR count). The van der Waals surface area contributed by atoms with Crippen molar-refractivity contribution in [3.05, 3.63) is 53.1 Å². The molecule has 0 bridgehead atoms. The molecule has 26 heavy (non-hydrogen) atoms. The van der Waals surface area contributed by atoms with Gasteiger partial charge < -0.3 is 14.9 Å². The molecular weight excluding hydrogens is 335 g/mol. The Balaban J connectivity index is 1.42. The molecule has 2 N–H and O–H groups in total. The Bertz CT molecular complexity index is 959. The molecule has 8 heteroatoms. The van der Waals surface area contributed by atoms with Crippen molar-refractivity contribution in [3.8, 4) is 11.4 Å². The van der Waals surface area contributed by atoms with Gasteiger partial charge in [-0.15, -0.1) is 10.2 Å². The summed E-state index contributed by atoms with van der Waals surface area (Å²) < 4.78 is 15.1. The van der Waals surface area contributed by atoms with E-state index < -0.39 is 0 Å². The van der Waals surface area contributed by atoms with Crippen molar-refractivity contribution in [2.45, 2.75) is 26.8 Å². The maximum absolute atomic E-state index is 13.1. The summed E-state index contributed by atoms with van der Waals surface area (Å²) in [5, 5.41) is 11.2. The largest absolute Gasteiger partial charge is 0.350 e. The number of benzene rings is 1. The first-order chi connectivity index (χ1) is 12.5. The van der Waals surface area contributed by atoms with Gasteiger partial charge in [-0.25, -0.2) is 9.37 Å². The molecule has 134 valence electrons. The lowest BCUT2D eigenvalue weighted by atomic mass is 10.1. The molecule has 1 aliphatic heterocycles. The van der Waals surface area contributed by atoms with Crippen LogP contribution in [0.5, 0.6) is 0 Å². The van der Waals surface area contributed by atoms with E-state index in [0.717, 1.165) is 30.2 Å². The number of nitrogens with one attached hydrogen (secondary N) is 2. The van der Waals surface area contributed by atoms with E-state index in [-0.39, 0.29) is 11.7 Å². The first kappa shape index (κ1) is 16.4. The number of aromatic amines is 1. The summed E-state index contributed by atoms with van der Waals surface area (Å²) in [5.74, 6) is 2.20. The smallest absolute Gasteiger partial charge is 0.271 e. The van der Waals surface area contributed by atoms with Crippen LogP contribution in [0.3, 0.4) is 0 Å². The number of carbonyl (C=O) groups is 1. The van der Waals surface area contributed by atoms with Gasteiger partial charge in [0.05, 0.1) is 0 Å². The van der Waals surface area contributed by atoms with Gasteiger partial charge in [0, 0.05) is 36.7 Å². The summed E-state index contributed by atoms with van der Waals surface area (Å²) in [5.41, 5.74) is 1.77. The van der Waals surface area contributed by atoms with E-state index in [1.807, 2.05) is 6.92 Å². The third-order valence-electron chi connectivity index (χ3n) is 4.69. The molecule has 1 aliphatic rings. The molecular formula is C18H19FN6O. The quantitative estimate of drug-likeness (QED) is 0.750. The Hall–Kier alpha value is -3.03. The summed E-state index contributed by atoms with van der Waals surface area (Å²) in [7, 11) is 0. The third-order valence-corrected chi connectivity index (χ3v) is 4.69. The van der Waals surface area contributed by atoms with Crippen molar-refractivity contribution in [3.63, 3.8) is 0 Å². The number of aromatic nitrogens is 5. The van der Waals surface area contributed by atoms with Gasteiger partial charge in [0.2, 0.25) is 0 Å². The van der Waals surface area contributed by atoms with Crippen molar-refractivity contribution in [1.29, 1.82) is 0 Å². The summed E-state index contributed by atoms with van der Waals surface area (Å²) in [6.45, 7) is 5.10. The number of halogens is 1. The van der Waals surface area contributed by atoms with Gasteiger partial charge in [-0.1, -0.05) is 0 Å². The number of carbonyl (C=O) groups excluding carboxylic acids is 1. The summed E-state index contributed by atoms with van der Waals surface area (Å²) in [4.78, 5) is 20.0. The second-order valence-corrected chi connectivity index (χ2v) is 6.62. The molecule has 1 amide bonds. The zero-order valence-electron chi connectivity index (χ0n) is 14.6. The third kappa shape index (κ3) is 2.98. The van der Waals surface area contributed by atoms with Crippen molar-refractivity contribution >= 4 is 5.91 Å². The molecule has 0 aliphatic carbocycles. The number of aryl methyl sites for hydroxylation is 2. The fourth-order valence-electron chi connectivity index (χ4n) is 3.28. The average Bonchev–Trinajstić information content (AvgIpc) is 3.30. The number of hydrogen-bond donors (Lipinski definition) is 2.